The normalized spacial score (nSPS) is 18.5. The van der Waals surface area contributed by atoms with Gasteiger partial charge in [0, 0.05) is 29.0 Å². The van der Waals surface area contributed by atoms with Crippen LogP contribution in [0.2, 0.25) is 0 Å². The Balaban J connectivity index is 1.41. The summed E-state index contributed by atoms with van der Waals surface area (Å²) >= 11 is 4.80. The van der Waals surface area contributed by atoms with Crippen LogP contribution in [0.5, 0.6) is 0 Å². The average molecular weight is 448 g/mol. The number of carbonyl (C=O) groups is 3. The van der Waals surface area contributed by atoms with E-state index in [0.717, 1.165) is 4.47 Å². The molecule has 3 heterocycles. The number of benzene rings is 1. The number of amides is 4. The van der Waals surface area contributed by atoms with Crippen molar-refractivity contribution in [2.75, 3.05) is 24.5 Å². The fourth-order valence-electron chi connectivity index (χ4n) is 3.60. The standard InChI is InChI=1S/C19H18BrN3O3S/c20-13-10-16(27-12-13)18(25)21-8-6-14(7-9-21)22-11-17(24)23(19(22)26)15-4-2-1-3-5-15/h1-5,10,12,14H,6-9,11H2. The molecule has 2 aliphatic rings. The van der Waals surface area contributed by atoms with E-state index in [1.165, 1.54) is 16.2 Å². The summed E-state index contributed by atoms with van der Waals surface area (Å²) in [4.78, 5) is 43.2. The molecular formula is C19H18BrN3O3S. The Hall–Kier alpha value is -2.19. The number of hydrogen-bond donors (Lipinski definition) is 0. The van der Waals surface area contributed by atoms with E-state index < -0.39 is 0 Å². The van der Waals surface area contributed by atoms with E-state index in [1.54, 1.807) is 17.0 Å². The molecule has 2 aromatic rings. The second kappa shape index (κ2) is 7.44. The molecule has 8 heteroatoms. The Bertz CT molecular complexity index is 877. The Morgan fingerprint density at radius 1 is 1.11 bits per heavy atom. The van der Waals surface area contributed by atoms with Gasteiger partial charge in [-0.2, -0.15) is 0 Å². The highest BCUT2D eigenvalue weighted by molar-refractivity contribution is 9.10. The van der Waals surface area contributed by atoms with Crippen molar-refractivity contribution in [1.82, 2.24) is 9.80 Å². The van der Waals surface area contributed by atoms with Gasteiger partial charge in [0.05, 0.1) is 10.6 Å². The molecule has 140 valence electrons. The Morgan fingerprint density at radius 2 is 1.81 bits per heavy atom. The monoisotopic (exact) mass is 447 g/mol. The molecule has 4 amide bonds. The predicted molar refractivity (Wildman–Crippen MR) is 107 cm³/mol. The van der Waals surface area contributed by atoms with Crippen molar-refractivity contribution < 1.29 is 14.4 Å². The third kappa shape index (κ3) is 3.51. The SMILES string of the molecule is O=C(c1cc(Br)cs1)N1CCC(N2CC(=O)N(c3ccccc3)C2=O)CC1. The maximum absolute atomic E-state index is 12.8. The van der Waals surface area contributed by atoms with Gasteiger partial charge in [-0.25, -0.2) is 9.69 Å². The molecule has 0 unspecified atom stereocenters. The molecule has 2 aliphatic heterocycles. The molecule has 2 saturated heterocycles. The quantitative estimate of drug-likeness (QED) is 0.675. The minimum Gasteiger partial charge on any atom is -0.338 e. The number of nitrogens with zero attached hydrogens (tertiary/aromatic N) is 3. The lowest BCUT2D eigenvalue weighted by Gasteiger charge is -2.36. The van der Waals surface area contributed by atoms with Crippen molar-refractivity contribution >= 4 is 50.8 Å². The molecular weight excluding hydrogens is 430 g/mol. The lowest BCUT2D eigenvalue weighted by Crippen LogP contribution is -2.48. The van der Waals surface area contributed by atoms with Crippen LogP contribution in [-0.4, -0.2) is 53.3 Å². The first-order valence-corrected chi connectivity index (χ1v) is 10.4. The van der Waals surface area contributed by atoms with Crippen LogP contribution in [0.4, 0.5) is 10.5 Å². The zero-order valence-electron chi connectivity index (χ0n) is 14.5. The summed E-state index contributed by atoms with van der Waals surface area (Å²) in [7, 11) is 0. The number of hydrogen-bond acceptors (Lipinski definition) is 4. The number of carbonyl (C=O) groups excluding carboxylic acids is 3. The van der Waals surface area contributed by atoms with Crippen LogP contribution < -0.4 is 4.90 Å². The highest BCUT2D eigenvalue weighted by Crippen LogP contribution is 2.28. The summed E-state index contributed by atoms with van der Waals surface area (Å²) in [6.45, 7) is 1.27. The third-order valence-electron chi connectivity index (χ3n) is 4.98. The predicted octanol–water partition coefficient (Wildman–Crippen LogP) is 3.58. The Kier molecular flexibility index (Phi) is 5.01. The largest absolute Gasteiger partial charge is 0.338 e. The second-order valence-corrected chi connectivity index (χ2v) is 8.45. The van der Waals surface area contributed by atoms with Crippen molar-refractivity contribution in [2.45, 2.75) is 18.9 Å². The van der Waals surface area contributed by atoms with Gasteiger partial charge in [-0.05, 0) is 47.0 Å². The van der Waals surface area contributed by atoms with Crippen LogP contribution in [0, 0.1) is 0 Å². The highest BCUT2D eigenvalue weighted by Gasteiger charge is 2.41. The smallest absolute Gasteiger partial charge is 0.332 e. The summed E-state index contributed by atoms with van der Waals surface area (Å²) in [5, 5.41) is 1.90. The zero-order chi connectivity index (χ0) is 19.0. The number of urea groups is 1. The highest BCUT2D eigenvalue weighted by atomic mass is 79.9. The van der Waals surface area contributed by atoms with Crippen LogP contribution in [0.15, 0.2) is 46.3 Å². The Morgan fingerprint density at radius 3 is 2.44 bits per heavy atom. The van der Waals surface area contributed by atoms with Gasteiger partial charge in [-0.15, -0.1) is 11.3 Å². The minimum atomic E-state index is -0.266. The van der Waals surface area contributed by atoms with Gasteiger partial charge in [0.15, 0.2) is 0 Å². The summed E-state index contributed by atoms with van der Waals surface area (Å²) in [5.74, 6) is -0.174. The molecule has 0 N–H and O–H groups in total. The van der Waals surface area contributed by atoms with Crippen LogP contribution in [0.1, 0.15) is 22.5 Å². The topological polar surface area (TPSA) is 60.9 Å². The lowest BCUT2D eigenvalue weighted by atomic mass is 10.0. The summed E-state index contributed by atoms with van der Waals surface area (Å²) in [5.41, 5.74) is 0.603. The van der Waals surface area contributed by atoms with E-state index in [-0.39, 0.29) is 30.4 Å². The molecule has 1 aromatic carbocycles. The zero-order valence-corrected chi connectivity index (χ0v) is 16.9. The van der Waals surface area contributed by atoms with Crippen LogP contribution in [0.3, 0.4) is 0 Å². The van der Waals surface area contributed by atoms with E-state index in [2.05, 4.69) is 15.9 Å². The molecule has 0 bridgehead atoms. The van der Waals surface area contributed by atoms with E-state index in [1.807, 2.05) is 34.5 Å². The number of halogens is 1. The number of anilines is 1. The number of piperidine rings is 1. The van der Waals surface area contributed by atoms with Gasteiger partial charge >= 0.3 is 6.03 Å². The average Bonchev–Trinajstić information content (AvgIpc) is 3.25. The minimum absolute atomic E-state index is 0.0192. The maximum Gasteiger partial charge on any atom is 0.332 e. The number of likely N-dealkylation sites (tertiary alicyclic amines) is 1. The summed E-state index contributed by atoms with van der Waals surface area (Å²) in [6.07, 6.45) is 1.36. The second-order valence-electron chi connectivity index (χ2n) is 6.63. The van der Waals surface area contributed by atoms with E-state index in [9.17, 15) is 14.4 Å². The number of rotatable bonds is 3. The van der Waals surface area contributed by atoms with Crippen molar-refractivity contribution in [2.24, 2.45) is 0 Å². The van der Waals surface area contributed by atoms with E-state index >= 15 is 0 Å². The molecule has 27 heavy (non-hydrogen) atoms. The van der Waals surface area contributed by atoms with Gasteiger partial charge in [0.25, 0.3) is 11.8 Å². The summed E-state index contributed by atoms with van der Waals surface area (Å²) in [6, 6.07) is 10.5. The van der Waals surface area contributed by atoms with E-state index in [4.69, 9.17) is 0 Å². The van der Waals surface area contributed by atoms with Gasteiger partial charge in [-0.1, -0.05) is 18.2 Å². The van der Waals surface area contributed by atoms with Gasteiger partial charge in [0.2, 0.25) is 0 Å². The lowest BCUT2D eigenvalue weighted by molar-refractivity contribution is -0.116. The molecule has 4 rings (SSSR count). The van der Waals surface area contributed by atoms with Crippen LogP contribution in [-0.2, 0) is 4.79 Å². The number of thiophene rings is 1. The molecule has 0 saturated carbocycles. The number of imide groups is 1. The first-order valence-electron chi connectivity index (χ1n) is 8.76. The summed E-state index contributed by atoms with van der Waals surface area (Å²) < 4.78 is 0.910. The maximum atomic E-state index is 12.8. The first-order chi connectivity index (χ1) is 13.0. The third-order valence-corrected chi connectivity index (χ3v) is 6.66. The fraction of sp³-hybridized carbons (Fsp3) is 0.316. The molecule has 0 radical (unpaired) electrons. The van der Waals surface area contributed by atoms with Crippen molar-refractivity contribution in [1.29, 1.82) is 0 Å². The van der Waals surface area contributed by atoms with Crippen molar-refractivity contribution in [3.8, 4) is 0 Å². The van der Waals surface area contributed by atoms with Crippen LogP contribution >= 0.6 is 27.3 Å². The molecule has 6 nitrogen and oxygen atoms in total. The number of para-hydroxylation sites is 1. The van der Waals surface area contributed by atoms with Crippen LogP contribution in [0.25, 0.3) is 0 Å². The van der Waals surface area contributed by atoms with Gasteiger partial charge in [0.1, 0.15) is 6.54 Å². The molecule has 0 atom stereocenters. The first kappa shape index (κ1) is 18.2. The van der Waals surface area contributed by atoms with E-state index in [0.29, 0.717) is 36.5 Å². The fourth-order valence-corrected chi connectivity index (χ4v) is 4.99. The van der Waals surface area contributed by atoms with Crippen molar-refractivity contribution in [3.63, 3.8) is 0 Å². The Labute approximate surface area is 169 Å². The van der Waals surface area contributed by atoms with Gasteiger partial charge < -0.3 is 9.80 Å². The van der Waals surface area contributed by atoms with Gasteiger partial charge in [-0.3, -0.25) is 9.59 Å². The molecule has 0 spiro atoms. The molecule has 1 aromatic heterocycles. The van der Waals surface area contributed by atoms with Crippen molar-refractivity contribution in [3.05, 3.63) is 51.1 Å². The molecule has 0 aliphatic carbocycles. The molecule has 2 fully saturated rings.